The van der Waals surface area contributed by atoms with E-state index >= 15 is 0 Å². The maximum absolute atomic E-state index is 12.6. The van der Waals surface area contributed by atoms with Crippen molar-refractivity contribution < 1.29 is 9.90 Å². The molecule has 1 aliphatic heterocycles. The zero-order chi connectivity index (χ0) is 14.8. The van der Waals surface area contributed by atoms with Crippen molar-refractivity contribution in [3.05, 3.63) is 30.5 Å². The average molecular weight is 287 g/mol. The van der Waals surface area contributed by atoms with Gasteiger partial charge < -0.3 is 10.0 Å². The molecule has 2 unspecified atom stereocenters. The minimum absolute atomic E-state index is 0.0345. The Morgan fingerprint density at radius 2 is 2.24 bits per heavy atom. The summed E-state index contributed by atoms with van der Waals surface area (Å²) in [6, 6.07) is 7.81. The number of hydrogen-bond donors (Lipinski definition) is 1. The maximum atomic E-state index is 12.6. The Hall–Kier alpha value is -1.88. The number of aromatic nitrogens is 2. The van der Waals surface area contributed by atoms with Gasteiger partial charge in [-0.2, -0.15) is 5.10 Å². The molecule has 5 nitrogen and oxygen atoms in total. The second-order valence-electron chi connectivity index (χ2n) is 5.82. The van der Waals surface area contributed by atoms with Gasteiger partial charge in [0.15, 0.2) is 0 Å². The molecule has 0 spiro atoms. The summed E-state index contributed by atoms with van der Waals surface area (Å²) in [5.41, 5.74) is 0.969. The van der Waals surface area contributed by atoms with Crippen LogP contribution in [0.3, 0.4) is 0 Å². The third-order valence-electron chi connectivity index (χ3n) is 4.46. The molecule has 0 radical (unpaired) electrons. The summed E-state index contributed by atoms with van der Waals surface area (Å²) in [7, 11) is 0. The van der Waals surface area contributed by atoms with Gasteiger partial charge in [-0.3, -0.25) is 9.48 Å². The van der Waals surface area contributed by atoms with E-state index in [1.165, 1.54) is 0 Å². The Morgan fingerprint density at radius 1 is 1.43 bits per heavy atom. The predicted octanol–water partition coefficient (Wildman–Crippen LogP) is 1.66. The molecule has 5 heteroatoms. The van der Waals surface area contributed by atoms with Gasteiger partial charge in [0.25, 0.3) is 0 Å². The number of fused-ring (bicyclic) bond motifs is 1. The zero-order valence-corrected chi connectivity index (χ0v) is 12.3. The average Bonchev–Trinajstić information content (AvgIpc) is 2.90. The molecule has 1 aliphatic rings. The van der Waals surface area contributed by atoms with Crippen LogP contribution < -0.4 is 0 Å². The first-order chi connectivity index (χ1) is 10.2. The molecule has 21 heavy (non-hydrogen) atoms. The molecule has 2 heterocycles. The molecule has 1 aromatic heterocycles. The van der Waals surface area contributed by atoms with Crippen LogP contribution in [0.4, 0.5) is 0 Å². The number of nitrogens with zero attached hydrogens (tertiary/aromatic N) is 3. The van der Waals surface area contributed by atoms with E-state index in [2.05, 4.69) is 12.0 Å². The van der Waals surface area contributed by atoms with E-state index in [0.717, 1.165) is 30.3 Å². The third-order valence-corrected chi connectivity index (χ3v) is 4.46. The molecule has 1 N–H and O–H groups in total. The number of benzene rings is 1. The van der Waals surface area contributed by atoms with Crippen molar-refractivity contribution in [2.24, 2.45) is 5.92 Å². The van der Waals surface area contributed by atoms with Crippen molar-refractivity contribution in [2.45, 2.75) is 32.4 Å². The molecule has 1 saturated heterocycles. The number of hydrogen-bond acceptors (Lipinski definition) is 3. The first-order valence-corrected chi connectivity index (χ1v) is 7.51. The highest BCUT2D eigenvalue weighted by Gasteiger charge is 2.31. The lowest BCUT2D eigenvalue weighted by molar-refractivity contribution is -0.138. The number of amides is 1. The molecule has 112 valence electrons. The van der Waals surface area contributed by atoms with E-state index in [1.807, 2.05) is 29.2 Å². The highest BCUT2D eigenvalue weighted by molar-refractivity contribution is 5.82. The number of likely N-dealkylation sites (tertiary alicyclic amines) is 1. The van der Waals surface area contributed by atoms with Gasteiger partial charge in [-0.25, -0.2) is 0 Å². The minimum Gasteiger partial charge on any atom is -0.394 e. The largest absolute Gasteiger partial charge is 0.394 e. The van der Waals surface area contributed by atoms with Crippen LogP contribution in [-0.4, -0.2) is 44.9 Å². The summed E-state index contributed by atoms with van der Waals surface area (Å²) in [5, 5.41) is 14.9. The quantitative estimate of drug-likeness (QED) is 0.934. The zero-order valence-electron chi connectivity index (χ0n) is 12.3. The van der Waals surface area contributed by atoms with Gasteiger partial charge in [0.05, 0.1) is 24.4 Å². The fraction of sp³-hybridized carbons (Fsp3) is 0.500. The number of carbonyl (C=O) groups is 1. The Morgan fingerprint density at radius 3 is 3.05 bits per heavy atom. The second kappa shape index (κ2) is 5.85. The number of para-hydroxylation sites is 1. The normalized spacial score (nSPS) is 22.7. The van der Waals surface area contributed by atoms with Crippen LogP contribution in [0.15, 0.2) is 30.5 Å². The summed E-state index contributed by atoms with van der Waals surface area (Å²) in [5.74, 6) is 0.386. The smallest absolute Gasteiger partial charge is 0.244 e. The van der Waals surface area contributed by atoms with E-state index in [9.17, 15) is 9.90 Å². The molecule has 2 aromatic rings. The summed E-state index contributed by atoms with van der Waals surface area (Å²) < 4.78 is 1.74. The Labute approximate surface area is 124 Å². The van der Waals surface area contributed by atoms with Gasteiger partial charge in [0.2, 0.25) is 5.91 Å². The van der Waals surface area contributed by atoms with Crippen molar-refractivity contribution in [1.82, 2.24) is 14.7 Å². The number of aliphatic hydroxyl groups excluding tert-OH is 1. The standard InChI is InChI=1S/C16H21N3O2/c1-12-5-4-8-18(15(12)11-20)16(21)10-19-14-7-3-2-6-13(14)9-17-19/h2-3,6-7,9,12,15,20H,4-5,8,10-11H2,1H3. The Balaban J connectivity index is 1.79. The lowest BCUT2D eigenvalue weighted by atomic mass is 9.91. The maximum Gasteiger partial charge on any atom is 0.244 e. The van der Waals surface area contributed by atoms with Crippen molar-refractivity contribution in [2.75, 3.05) is 13.2 Å². The number of rotatable bonds is 3. The molecule has 3 rings (SSSR count). The van der Waals surface area contributed by atoms with E-state index in [0.29, 0.717) is 5.92 Å². The summed E-state index contributed by atoms with van der Waals surface area (Å²) in [6.07, 6.45) is 3.86. The molecule has 0 saturated carbocycles. The van der Waals surface area contributed by atoms with Crippen molar-refractivity contribution in [3.8, 4) is 0 Å². The molecule has 1 amide bonds. The number of piperidine rings is 1. The van der Waals surface area contributed by atoms with Gasteiger partial charge >= 0.3 is 0 Å². The molecule has 1 fully saturated rings. The summed E-state index contributed by atoms with van der Waals surface area (Å²) in [4.78, 5) is 14.4. The Bertz CT molecular complexity index is 637. The third kappa shape index (κ3) is 2.65. The van der Waals surface area contributed by atoms with E-state index in [1.54, 1.807) is 10.9 Å². The van der Waals surface area contributed by atoms with Crippen molar-refractivity contribution in [3.63, 3.8) is 0 Å². The lowest BCUT2D eigenvalue weighted by Crippen LogP contribution is -2.50. The van der Waals surface area contributed by atoms with Gasteiger partial charge in [0, 0.05) is 11.9 Å². The fourth-order valence-electron chi connectivity index (χ4n) is 3.21. The van der Waals surface area contributed by atoms with Crippen molar-refractivity contribution >= 4 is 16.8 Å². The monoisotopic (exact) mass is 287 g/mol. The van der Waals surface area contributed by atoms with Crippen molar-refractivity contribution in [1.29, 1.82) is 0 Å². The Kier molecular flexibility index (Phi) is 3.92. The summed E-state index contributed by atoms with van der Waals surface area (Å²) in [6.45, 7) is 3.10. The fourth-order valence-corrected chi connectivity index (χ4v) is 3.21. The van der Waals surface area contributed by atoms with Crippen LogP contribution >= 0.6 is 0 Å². The van der Waals surface area contributed by atoms with Crippen LogP contribution in [0, 0.1) is 5.92 Å². The number of aliphatic hydroxyl groups is 1. The van der Waals surface area contributed by atoms with Gasteiger partial charge in [-0.1, -0.05) is 25.1 Å². The van der Waals surface area contributed by atoms with E-state index < -0.39 is 0 Å². The number of carbonyl (C=O) groups excluding carboxylic acids is 1. The first kappa shape index (κ1) is 14.1. The van der Waals surface area contributed by atoms with Crippen LogP contribution in [-0.2, 0) is 11.3 Å². The minimum atomic E-state index is -0.0620. The van der Waals surface area contributed by atoms with Crippen LogP contribution in [0.25, 0.3) is 10.9 Å². The first-order valence-electron chi connectivity index (χ1n) is 7.51. The topological polar surface area (TPSA) is 58.4 Å². The van der Waals surface area contributed by atoms with Gasteiger partial charge in [-0.15, -0.1) is 0 Å². The second-order valence-corrected chi connectivity index (χ2v) is 5.82. The van der Waals surface area contributed by atoms with E-state index in [-0.39, 0.29) is 25.1 Å². The van der Waals surface area contributed by atoms with Gasteiger partial charge in [-0.05, 0) is 24.8 Å². The van der Waals surface area contributed by atoms with Crippen LogP contribution in [0.1, 0.15) is 19.8 Å². The molecule has 0 aliphatic carbocycles. The lowest BCUT2D eigenvalue weighted by Gasteiger charge is -2.39. The van der Waals surface area contributed by atoms with E-state index in [4.69, 9.17) is 0 Å². The highest BCUT2D eigenvalue weighted by atomic mass is 16.3. The van der Waals surface area contributed by atoms with Crippen LogP contribution in [0.5, 0.6) is 0 Å². The highest BCUT2D eigenvalue weighted by Crippen LogP contribution is 2.23. The molecule has 2 atom stereocenters. The van der Waals surface area contributed by atoms with Crippen LogP contribution in [0.2, 0.25) is 0 Å². The molecule has 0 bridgehead atoms. The molecular formula is C16H21N3O2. The molecule has 1 aromatic carbocycles. The SMILES string of the molecule is CC1CCCN(C(=O)Cn2ncc3ccccc32)C1CO. The predicted molar refractivity (Wildman–Crippen MR) is 80.7 cm³/mol. The summed E-state index contributed by atoms with van der Waals surface area (Å²) >= 11 is 0. The van der Waals surface area contributed by atoms with Gasteiger partial charge in [0.1, 0.15) is 6.54 Å². The molecular weight excluding hydrogens is 266 g/mol.